The molecule has 7 nitrogen and oxygen atoms in total. The molecule has 0 spiro atoms. The van der Waals surface area contributed by atoms with Crippen LogP contribution in [0.4, 0.5) is 0 Å². The van der Waals surface area contributed by atoms with Crippen molar-refractivity contribution in [2.75, 3.05) is 6.61 Å². The molecular formula is C15H17O7. The van der Waals surface area contributed by atoms with E-state index in [9.17, 15) is 20.1 Å². The summed E-state index contributed by atoms with van der Waals surface area (Å²) in [7, 11) is 0. The largest absolute Gasteiger partial charge is 0.508 e. The molecule has 1 aromatic carbocycles. The van der Waals surface area contributed by atoms with E-state index in [2.05, 4.69) is 0 Å². The maximum Gasteiger partial charge on any atom is 0.198 e. The van der Waals surface area contributed by atoms with Crippen LogP contribution in [-0.4, -0.2) is 62.3 Å². The summed E-state index contributed by atoms with van der Waals surface area (Å²) < 4.78 is 5.07. The maximum absolute atomic E-state index is 12.0. The summed E-state index contributed by atoms with van der Waals surface area (Å²) in [5.74, 6) is -0.600. The lowest BCUT2D eigenvalue weighted by Crippen LogP contribution is -2.56. The standard InChI is InChI=1S/C15H17O7/c16-7-11-12(19)13(20)14(21)15(22-11)10(18)6-3-8-1-4-9(17)5-2-8/h1-6,11-14,16-17,19-21H,7H2/t11-,12-,13+,14-/m1/s1. The molecule has 1 aliphatic heterocycles. The number of ether oxygens (including phenoxy) is 1. The average molecular weight is 309 g/mol. The second-order valence-corrected chi connectivity index (χ2v) is 4.92. The van der Waals surface area contributed by atoms with Gasteiger partial charge in [-0.05, 0) is 23.8 Å². The van der Waals surface area contributed by atoms with Crippen molar-refractivity contribution in [3.63, 3.8) is 0 Å². The van der Waals surface area contributed by atoms with Crippen molar-refractivity contribution in [2.24, 2.45) is 0 Å². The molecule has 0 bridgehead atoms. The van der Waals surface area contributed by atoms with E-state index in [-0.39, 0.29) is 5.75 Å². The average Bonchev–Trinajstić information content (AvgIpc) is 2.52. The van der Waals surface area contributed by atoms with E-state index in [1.54, 1.807) is 12.1 Å². The Morgan fingerprint density at radius 1 is 1.14 bits per heavy atom. The number of hydrogen-bond donors (Lipinski definition) is 5. The van der Waals surface area contributed by atoms with E-state index in [1.807, 2.05) is 0 Å². The predicted molar refractivity (Wildman–Crippen MR) is 75.4 cm³/mol. The number of aliphatic hydroxyl groups is 4. The molecule has 1 saturated heterocycles. The Bertz CT molecular complexity index is 537. The van der Waals surface area contributed by atoms with Crippen molar-refractivity contribution >= 4 is 11.9 Å². The quantitative estimate of drug-likeness (QED) is 0.450. The van der Waals surface area contributed by atoms with Gasteiger partial charge in [-0.3, -0.25) is 4.79 Å². The second kappa shape index (κ2) is 6.99. The number of carbonyl (C=O) groups excluding carboxylic acids is 1. The number of benzene rings is 1. The molecule has 7 heteroatoms. The molecule has 2 rings (SSSR count). The van der Waals surface area contributed by atoms with Crippen LogP contribution in [0.5, 0.6) is 5.75 Å². The normalized spacial score (nSPS) is 29.8. The summed E-state index contributed by atoms with van der Waals surface area (Å²) in [6, 6.07) is 6.06. The lowest BCUT2D eigenvalue weighted by atomic mass is 9.93. The van der Waals surface area contributed by atoms with Gasteiger partial charge in [-0.25, -0.2) is 0 Å². The summed E-state index contributed by atoms with van der Waals surface area (Å²) in [5, 5.41) is 47.2. The molecular weight excluding hydrogens is 292 g/mol. The minimum absolute atomic E-state index is 0.0896. The second-order valence-electron chi connectivity index (χ2n) is 4.92. The van der Waals surface area contributed by atoms with Crippen molar-refractivity contribution in [2.45, 2.75) is 24.4 Å². The van der Waals surface area contributed by atoms with E-state index >= 15 is 0 Å². The smallest absolute Gasteiger partial charge is 0.198 e. The number of phenols is 1. The SMILES string of the molecule is O=C(C=Cc1ccc(O)cc1)[C]1O[C@H](CO)[C@@H](O)[C@H](O)[C@H]1O. The first-order valence-electron chi connectivity index (χ1n) is 6.64. The van der Waals surface area contributed by atoms with Gasteiger partial charge in [-0.15, -0.1) is 0 Å². The molecule has 1 aromatic rings. The Kier molecular flexibility index (Phi) is 5.28. The molecule has 1 aliphatic rings. The van der Waals surface area contributed by atoms with E-state index in [4.69, 9.17) is 14.9 Å². The van der Waals surface area contributed by atoms with E-state index in [0.717, 1.165) is 6.08 Å². The van der Waals surface area contributed by atoms with Gasteiger partial charge in [-0.2, -0.15) is 0 Å². The van der Waals surface area contributed by atoms with Crippen LogP contribution in [0.2, 0.25) is 0 Å². The van der Waals surface area contributed by atoms with Gasteiger partial charge in [0.15, 0.2) is 11.9 Å². The summed E-state index contributed by atoms with van der Waals surface area (Å²) >= 11 is 0. The molecule has 1 radical (unpaired) electrons. The fraction of sp³-hybridized carbons (Fsp3) is 0.333. The van der Waals surface area contributed by atoms with Crippen LogP contribution >= 0.6 is 0 Å². The van der Waals surface area contributed by atoms with Crippen molar-refractivity contribution in [3.05, 3.63) is 42.0 Å². The third-order valence-corrected chi connectivity index (χ3v) is 3.34. The molecule has 0 saturated carbocycles. The zero-order valence-corrected chi connectivity index (χ0v) is 11.5. The number of carbonyl (C=O) groups is 1. The molecule has 22 heavy (non-hydrogen) atoms. The van der Waals surface area contributed by atoms with Gasteiger partial charge in [0, 0.05) is 0 Å². The van der Waals surface area contributed by atoms with Gasteiger partial charge in [0.1, 0.15) is 30.2 Å². The van der Waals surface area contributed by atoms with Gasteiger partial charge < -0.3 is 30.3 Å². The topological polar surface area (TPSA) is 127 Å². The molecule has 1 fully saturated rings. The Labute approximate surface area is 126 Å². The van der Waals surface area contributed by atoms with Gasteiger partial charge in [-0.1, -0.05) is 18.2 Å². The van der Waals surface area contributed by atoms with E-state index in [1.165, 1.54) is 18.2 Å². The van der Waals surface area contributed by atoms with Crippen LogP contribution < -0.4 is 0 Å². The summed E-state index contributed by atoms with van der Waals surface area (Å²) in [4.78, 5) is 12.0. The van der Waals surface area contributed by atoms with Crippen LogP contribution in [-0.2, 0) is 9.53 Å². The molecule has 0 aromatic heterocycles. The minimum Gasteiger partial charge on any atom is -0.508 e. The highest BCUT2D eigenvalue weighted by Crippen LogP contribution is 2.27. The molecule has 0 aliphatic carbocycles. The Morgan fingerprint density at radius 3 is 2.36 bits per heavy atom. The molecule has 1 heterocycles. The van der Waals surface area contributed by atoms with Crippen LogP contribution in [0, 0.1) is 6.10 Å². The van der Waals surface area contributed by atoms with E-state index in [0.29, 0.717) is 5.56 Å². The molecule has 4 atom stereocenters. The maximum atomic E-state index is 12.0. The minimum atomic E-state index is -1.67. The zero-order chi connectivity index (χ0) is 16.3. The first kappa shape index (κ1) is 16.6. The predicted octanol–water partition coefficient (Wildman–Crippen LogP) is -1.02. The molecule has 0 amide bonds. The van der Waals surface area contributed by atoms with Crippen LogP contribution in [0.15, 0.2) is 30.3 Å². The number of aliphatic hydroxyl groups excluding tert-OH is 4. The van der Waals surface area contributed by atoms with Crippen LogP contribution in [0.3, 0.4) is 0 Å². The molecule has 119 valence electrons. The first-order valence-corrected chi connectivity index (χ1v) is 6.64. The molecule has 5 N–H and O–H groups in total. The summed E-state index contributed by atoms with van der Waals surface area (Å²) in [6.07, 6.45) is -3.83. The van der Waals surface area contributed by atoms with Crippen molar-refractivity contribution in [3.8, 4) is 5.75 Å². The lowest BCUT2D eigenvalue weighted by Gasteiger charge is -2.38. The third kappa shape index (κ3) is 3.52. The highest BCUT2D eigenvalue weighted by atomic mass is 16.5. The highest BCUT2D eigenvalue weighted by molar-refractivity contribution is 6.03. The number of phenolic OH excluding ortho intramolecular Hbond substituents is 1. The first-order chi connectivity index (χ1) is 10.4. The number of rotatable bonds is 4. The highest BCUT2D eigenvalue weighted by Gasteiger charge is 2.46. The third-order valence-electron chi connectivity index (χ3n) is 3.34. The zero-order valence-electron chi connectivity index (χ0n) is 11.5. The fourth-order valence-electron chi connectivity index (χ4n) is 2.05. The molecule has 0 unspecified atom stereocenters. The van der Waals surface area contributed by atoms with Crippen molar-refractivity contribution in [1.29, 1.82) is 0 Å². The van der Waals surface area contributed by atoms with Crippen LogP contribution in [0.1, 0.15) is 5.56 Å². The van der Waals surface area contributed by atoms with Crippen molar-refractivity contribution in [1.82, 2.24) is 0 Å². The lowest BCUT2D eigenvalue weighted by molar-refractivity contribution is -0.191. The Morgan fingerprint density at radius 2 is 1.77 bits per heavy atom. The van der Waals surface area contributed by atoms with Crippen molar-refractivity contribution < 1.29 is 35.1 Å². The van der Waals surface area contributed by atoms with Gasteiger partial charge >= 0.3 is 0 Å². The van der Waals surface area contributed by atoms with Gasteiger partial charge in [0.05, 0.1) is 6.61 Å². The number of aromatic hydroxyl groups is 1. The summed E-state index contributed by atoms with van der Waals surface area (Å²) in [5.41, 5.74) is 0.636. The Hall–Kier alpha value is -1.77. The fourth-order valence-corrected chi connectivity index (χ4v) is 2.05. The number of hydrogen-bond acceptors (Lipinski definition) is 7. The van der Waals surface area contributed by atoms with Gasteiger partial charge in [0.2, 0.25) is 0 Å². The summed E-state index contributed by atoms with van der Waals surface area (Å²) in [6.45, 7) is -0.608. The van der Waals surface area contributed by atoms with Gasteiger partial charge in [0.25, 0.3) is 0 Å². The van der Waals surface area contributed by atoms with Crippen LogP contribution in [0.25, 0.3) is 6.08 Å². The number of ketones is 1. The van der Waals surface area contributed by atoms with E-state index < -0.39 is 42.9 Å². The Balaban J connectivity index is 2.09. The monoisotopic (exact) mass is 309 g/mol.